The van der Waals surface area contributed by atoms with E-state index in [1.807, 2.05) is 24.3 Å². The standard InChI is InChI=1S/C15H17N3O2/c1-20-13-6-4-12(5-7-13)14(11-2-3-11)17-15(19)18-9-8-16-10-18/h4-11,14H,2-3H2,1H3,(H,17,19). The molecule has 5 nitrogen and oxygen atoms in total. The number of aromatic nitrogens is 2. The Morgan fingerprint density at radius 2 is 2.15 bits per heavy atom. The van der Waals surface area contributed by atoms with Crippen LogP contribution in [-0.4, -0.2) is 22.7 Å². The van der Waals surface area contributed by atoms with Gasteiger partial charge in [0.05, 0.1) is 13.2 Å². The highest BCUT2D eigenvalue weighted by Gasteiger charge is 2.33. The van der Waals surface area contributed by atoms with Crippen molar-refractivity contribution in [1.29, 1.82) is 0 Å². The van der Waals surface area contributed by atoms with Gasteiger partial charge in [0, 0.05) is 12.4 Å². The minimum absolute atomic E-state index is 0.0517. The van der Waals surface area contributed by atoms with Crippen molar-refractivity contribution in [2.75, 3.05) is 7.11 Å². The number of benzene rings is 1. The number of carbonyl (C=O) groups is 1. The van der Waals surface area contributed by atoms with E-state index >= 15 is 0 Å². The van der Waals surface area contributed by atoms with Crippen molar-refractivity contribution in [3.8, 4) is 5.75 Å². The molecule has 1 N–H and O–H groups in total. The molecule has 0 saturated heterocycles. The van der Waals surface area contributed by atoms with Crippen LogP contribution in [-0.2, 0) is 0 Å². The van der Waals surface area contributed by atoms with Crippen LogP contribution in [0.15, 0.2) is 43.0 Å². The third-order valence-corrected chi connectivity index (χ3v) is 3.59. The lowest BCUT2D eigenvalue weighted by atomic mass is 10.0. The molecule has 1 unspecified atom stereocenters. The first-order valence-electron chi connectivity index (χ1n) is 6.70. The van der Waals surface area contributed by atoms with Gasteiger partial charge in [0.15, 0.2) is 0 Å². The fraction of sp³-hybridized carbons (Fsp3) is 0.333. The highest BCUT2D eigenvalue weighted by atomic mass is 16.5. The van der Waals surface area contributed by atoms with Crippen LogP contribution in [0, 0.1) is 5.92 Å². The quantitative estimate of drug-likeness (QED) is 0.930. The molecule has 1 atom stereocenters. The molecule has 1 heterocycles. The van der Waals surface area contributed by atoms with Crippen molar-refractivity contribution in [3.05, 3.63) is 48.5 Å². The second-order valence-electron chi connectivity index (χ2n) is 5.01. The van der Waals surface area contributed by atoms with Crippen LogP contribution in [0.3, 0.4) is 0 Å². The summed E-state index contributed by atoms with van der Waals surface area (Å²) in [5, 5.41) is 3.08. The molecule has 1 aliphatic rings. The second kappa shape index (κ2) is 5.36. The molecule has 1 fully saturated rings. The number of nitrogens with zero attached hydrogens (tertiary/aromatic N) is 2. The summed E-state index contributed by atoms with van der Waals surface area (Å²) >= 11 is 0. The maximum Gasteiger partial charge on any atom is 0.327 e. The van der Waals surface area contributed by atoms with Gasteiger partial charge in [-0.25, -0.2) is 9.78 Å². The normalized spacial score (nSPS) is 15.7. The Bertz CT molecular complexity index is 574. The molecule has 1 aromatic heterocycles. The zero-order chi connectivity index (χ0) is 13.9. The zero-order valence-corrected chi connectivity index (χ0v) is 11.3. The summed E-state index contributed by atoms with van der Waals surface area (Å²) in [5.74, 6) is 1.35. The smallest absolute Gasteiger partial charge is 0.327 e. The molecule has 1 aliphatic carbocycles. The summed E-state index contributed by atoms with van der Waals surface area (Å²) in [6.07, 6.45) is 7.06. The molecule has 0 spiro atoms. The van der Waals surface area contributed by atoms with Gasteiger partial charge in [0.1, 0.15) is 12.1 Å². The zero-order valence-electron chi connectivity index (χ0n) is 11.3. The molecule has 2 aromatic rings. The minimum Gasteiger partial charge on any atom is -0.497 e. The molecular formula is C15H17N3O2. The van der Waals surface area contributed by atoms with Crippen molar-refractivity contribution in [2.24, 2.45) is 5.92 Å². The molecule has 0 bridgehead atoms. The van der Waals surface area contributed by atoms with E-state index < -0.39 is 0 Å². The molecule has 0 aliphatic heterocycles. The Morgan fingerprint density at radius 3 is 2.70 bits per heavy atom. The summed E-state index contributed by atoms with van der Waals surface area (Å²) in [6.45, 7) is 0. The van der Waals surface area contributed by atoms with Gasteiger partial charge in [-0.1, -0.05) is 12.1 Å². The van der Waals surface area contributed by atoms with Gasteiger partial charge in [-0.15, -0.1) is 0 Å². The summed E-state index contributed by atoms with van der Waals surface area (Å²) in [6, 6.07) is 7.78. The van der Waals surface area contributed by atoms with Gasteiger partial charge in [-0.05, 0) is 36.5 Å². The number of hydrogen-bond acceptors (Lipinski definition) is 3. The van der Waals surface area contributed by atoms with Crippen LogP contribution in [0.25, 0.3) is 0 Å². The molecule has 5 heteroatoms. The van der Waals surface area contributed by atoms with E-state index in [2.05, 4.69) is 10.3 Å². The lowest BCUT2D eigenvalue weighted by Crippen LogP contribution is -2.32. The van der Waals surface area contributed by atoms with E-state index in [1.54, 1.807) is 19.5 Å². The summed E-state index contributed by atoms with van der Waals surface area (Å²) in [4.78, 5) is 16.0. The molecule has 3 rings (SSSR count). The third kappa shape index (κ3) is 2.66. The number of methoxy groups -OCH3 is 1. The molecule has 20 heavy (non-hydrogen) atoms. The fourth-order valence-electron chi connectivity index (χ4n) is 2.30. The Kier molecular flexibility index (Phi) is 3.41. The van der Waals surface area contributed by atoms with Crippen LogP contribution in [0.5, 0.6) is 5.75 Å². The fourth-order valence-corrected chi connectivity index (χ4v) is 2.30. The average Bonchev–Trinajstić information content (AvgIpc) is 3.17. The van der Waals surface area contributed by atoms with Crippen molar-refractivity contribution >= 4 is 6.03 Å². The Hall–Kier alpha value is -2.30. The van der Waals surface area contributed by atoms with Crippen molar-refractivity contribution < 1.29 is 9.53 Å². The minimum atomic E-state index is -0.143. The van der Waals surface area contributed by atoms with Gasteiger partial charge >= 0.3 is 6.03 Å². The third-order valence-electron chi connectivity index (χ3n) is 3.59. The van der Waals surface area contributed by atoms with Crippen LogP contribution < -0.4 is 10.1 Å². The van der Waals surface area contributed by atoms with Crippen LogP contribution in [0.1, 0.15) is 24.4 Å². The van der Waals surface area contributed by atoms with E-state index in [4.69, 9.17) is 4.74 Å². The van der Waals surface area contributed by atoms with E-state index in [-0.39, 0.29) is 12.1 Å². The first-order chi connectivity index (χ1) is 9.78. The predicted molar refractivity (Wildman–Crippen MR) is 74.6 cm³/mol. The average molecular weight is 271 g/mol. The van der Waals surface area contributed by atoms with Crippen molar-refractivity contribution in [1.82, 2.24) is 14.9 Å². The Balaban J connectivity index is 1.76. The summed E-state index contributed by atoms with van der Waals surface area (Å²) in [7, 11) is 1.65. The van der Waals surface area contributed by atoms with E-state index in [9.17, 15) is 4.79 Å². The maximum atomic E-state index is 12.1. The maximum absolute atomic E-state index is 12.1. The van der Waals surface area contributed by atoms with Gasteiger partial charge in [-0.3, -0.25) is 4.57 Å². The van der Waals surface area contributed by atoms with Crippen molar-refractivity contribution in [3.63, 3.8) is 0 Å². The molecular weight excluding hydrogens is 254 g/mol. The van der Waals surface area contributed by atoms with Gasteiger partial charge in [0.2, 0.25) is 0 Å². The SMILES string of the molecule is COc1ccc(C(NC(=O)n2ccnc2)C2CC2)cc1. The highest BCUT2D eigenvalue weighted by molar-refractivity contribution is 5.77. The van der Waals surface area contributed by atoms with Crippen LogP contribution in [0.2, 0.25) is 0 Å². The molecule has 104 valence electrons. The lowest BCUT2D eigenvalue weighted by molar-refractivity contribution is 0.237. The number of rotatable bonds is 4. The number of imidazole rings is 1. The highest BCUT2D eigenvalue weighted by Crippen LogP contribution is 2.41. The lowest BCUT2D eigenvalue weighted by Gasteiger charge is -2.19. The van der Waals surface area contributed by atoms with Gasteiger partial charge in [0.25, 0.3) is 0 Å². The van der Waals surface area contributed by atoms with E-state index in [0.717, 1.165) is 24.2 Å². The Morgan fingerprint density at radius 1 is 1.40 bits per heavy atom. The topological polar surface area (TPSA) is 56.1 Å². The number of amides is 1. The first-order valence-corrected chi connectivity index (χ1v) is 6.70. The molecule has 1 aromatic carbocycles. The van der Waals surface area contributed by atoms with E-state index in [1.165, 1.54) is 10.9 Å². The monoisotopic (exact) mass is 271 g/mol. The predicted octanol–water partition coefficient (Wildman–Crippen LogP) is 2.60. The summed E-state index contributed by atoms with van der Waals surface area (Å²) in [5.41, 5.74) is 1.11. The molecule has 0 radical (unpaired) electrons. The van der Waals surface area contributed by atoms with Crippen molar-refractivity contribution in [2.45, 2.75) is 18.9 Å². The number of carbonyl (C=O) groups excluding carboxylic acids is 1. The number of nitrogens with one attached hydrogen (secondary N) is 1. The Labute approximate surface area is 117 Å². The van der Waals surface area contributed by atoms with Crippen LogP contribution in [0.4, 0.5) is 4.79 Å². The van der Waals surface area contributed by atoms with E-state index in [0.29, 0.717) is 5.92 Å². The second-order valence-corrected chi connectivity index (χ2v) is 5.01. The molecule has 1 amide bonds. The van der Waals surface area contributed by atoms with Crippen LogP contribution >= 0.6 is 0 Å². The first kappa shape index (κ1) is 12.7. The van der Waals surface area contributed by atoms with Gasteiger partial charge in [-0.2, -0.15) is 0 Å². The number of hydrogen-bond donors (Lipinski definition) is 1. The van der Waals surface area contributed by atoms with Gasteiger partial charge < -0.3 is 10.1 Å². The molecule has 1 saturated carbocycles. The number of ether oxygens (including phenoxy) is 1. The summed E-state index contributed by atoms with van der Waals surface area (Å²) < 4.78 is 6.62. The largest absolute Gasteiger partial charge is 0.497 e.